The van der Waals surface area contributed by atoms with Gasteiger partial charge in [0.1, 0.15) is 17.4 Å². The summed E-state index contributed by atoms with van der Waals surface area (Å²) in [7, 11) is 1.46. The van der Waals surface area contributed by atoms with Crippen LogP contribution in [0.4, 0.5) is 8.78 Å². The van der Waals surface area contributed by atoms with Crippen molar-refractivity contribution in [3.63, 3.8) is 0 Å². The van der Waals surface area contributed by atoms with Gasteiger partial charge in [-0.2, -0.15) is 0 Å². The zero-order chi connectivity index (χ0) is 25.1. The highest BCUT2D eigenvalue weighted by molar-refractivity contribution is 5.67. The number of nitrogens with two attached hydrogens (primary N) is 1. The van der Waals surface area contributed by atoms with Crippen molar-refractivity contribution in [2.24, 2.45) is 5.73 Å². The van der Waals surface area contributed by atoms with E-state index in [-0.39, 0.29) is 12.0 Å². The standard InChI is InChI=1S/C25H22F2N4O4/c1-35-16-9-5-8-15(12-16)17-10-11-18(26)21(22(17)27)20(13-19(28)14-6-3-2-4-7-14)31-24(33)29-23(32)30-25(31)34/h2-12,19-20H,13,28H2,1H3,(H2,29,30,32,33,34). The van der Waals surface area contributed by atoms with Gasteiger partial charge in [-0.3, -0.25) is 9.97 Å². The number of halogens is 2. The van der Waals surface area contributed by atoms with Crippen LogP contribution in [-0.2, 0) is 0 Å². The molecule has 2 atom stereocenters. The number of H-pyrrole nitrogens is 2. The van der Waals surface area contributed by atoms with Crippen LogP contribution in [0.2, 0.25) is 0 Å². The van der Waals surface area contributed by atoms with Crippen LogP contribution in [0.5, 0.6) is 5.75 Å². The van der Waals surface area contributed by atoms with Gasteiger partial charge in [0, 0.05) is 17.2 Å². The fraction of sp³-hybridized carbons (Fsp3) is 0.160. The summed E-state index contributed by atoms with van der Waals surface area (Å²) in [5, 5.41) is 0. The molecule has 0 saturated carbocycles. The molecule has 0 spiro atoms. The summed E-state index contributed by atoms with van der Waals surface area (Å²) in [6, 6.07) is 15.3. The van der Waals surface area contributed by atoms with Gasteiger partial charge in [-0.15, -0.1) is 0 Å². The number of rotatable bonds is 7. The lowest BCUT2D eigenvalue weighted by atomic mass is 9.92. The largest absolute Gasteiger partial charge is 0.497 e. The highest BCUT2D eigenvalue weighted by Gasteiger charge is 2.29. The first kappa shape index (κ1) is 23.8. The highest BCUT2D eigenvalue weighted by atomic mass is 19.1. The number of methoxy groups -OCH3 is 1. The second-order valence-corrected chi connectivity index (χ2v) is 7.88. The van der Waals surface area contributed by atoms with Crippen molar-refractivity contribution in [2.75, 3.05) is 7.11 Å². The molecule has 0 saturated heterocycles. The molecule has 1 aromatic heterocycles. The lowest BCUT2D eigenvalue weighted by Crippen LogP contribution is -2.46. The normalized spacial score (nSPS) is 12.8. The third-order valence-corrected chi connectivity index (χ3v) is 5.74. The van der Waals surface area contributed by atoms with Crippen molar-refractivity contribution < 1.29 is 13.5 Å². The molecule has 0 radical (unpaired) electrons. The average molecular weight is 480 g/mol. The second-order valence-electron chi connectivity index (χ2n) is 7.88. The molecule has 10 heteroatoms. The Morgan fingerprint density at radius 1 is 0.943 bits per heavy atom. The van der Waals surface area contributed by atoms with E-state index in [4.69, 9.17) is 10.5 Å². The first-order chi connectivity index (χ1) is 16.8. The molecule has 0 amide bonds. The molecule has 4 rings (SSSR count). The van der Waals surface area contributed by atoms with E-state index in [9.17, 15) is 14.4 Å². The molecule has 35 heavy (non-hydrogen) atoms. The summed E-state index contributed by atoms with van der Waals surface area (Å²) >= 11 is 0. The van der Waals surface area contributed by atoms with Gasteiger partial charge in [0.25, 0.3) is 0 Å². The Kier molecular flexibility index (Phi) is 6.74. The van der Waals surface area contributed by atoms with Gasteiger partial charge in [-0.1, -0.05) is 42.5 Å². The van der Waals surface area contributed by atoms with E-state index < -0.39 is 46.4 Å². The van der Waals surface area contributed by atoms with Crippen LogP contribution in [0.1, 0.15) is 29.6 Å². The predicted molar refractivity (Wildman–Crippen MR) is 126 cm³/mol. The van der Waals surface area contributed by atoms with Crippen molar-refractivity contribution >= 4 is 0 Å². The van der Waals surface area contributed by atoms with Crippen LogP contribution < -0.4 is 27.5 Å². The molecule has 8 nitrogen and oxygen atoms in total. The van der Waals surface area contributed by atoms with Crippen molar-refractivity contribution in [3.8, 4) is 16.9 Å². The van der Waals surface area contributed by atoms with Crippen molar-refractivity contribution in [1.29, 1.82) is 0 Å². The van der Waals surface area contributed by atoms with Crippen LogP contribution in [0, 0.1) is 11.6 Å². The number of benzene rings is 3. The fourth-order valence-corrected chi connectivity index (χ4v) is 4.04. The maximum absolute atomic E-state index is 16.0. The van der Waals surface area contributed by atoms with Gasteiger partial charge < -0.3 is 10.5 Å². The van der Waals surface area contributed by atoms with Crippen LogP contribution >= 0.6 is 0 Å². The molecule has 3 aromatic carbocycles. The third-order valence-electron chi connectivity index (χ3n) is 5.74. The Hall–Kier alpha value is -4.31. The topological polar surface area (TPSA) is 123 Å². The number of hydrogen-bond acceptors (Lipinski definition) is 5. The lowest BCUT2D eigenvalue weighted by molar-refractivity contribution is 0.411. The van der Waals surface area contributed by atoms with Crippen molar-refractivity contribution in [3.05, 3.63) is 121 Å². The highest BCUT2D eigenvalue weighted by Crippen LogP contribution is 2.35. The van der Waals surface area contributed by atoms with Crippen LogP contribution in [0.3, 0.4) is 0 Å². The SMILES string of the molecule is COc1cccc(-c2ccc(F)c(C(CC(N)c3ccccc3)n3c(=O)[nH]c(=O)[nH]c3=O)c2F)c1. The first-order valence-electron chi connectivity index (χ1n) is 10.7. The Morgan fingerprint density at radius 3 is 2.29 bits per heavy atom. The minimum absolute atomic E-state index is 0.0347. The number of aromatic nitrogens is 3. The summed E-state index contributed by atoms with van der Waals surface area (Å²) in [4.78, 5) is 40.7. The molecule has 180 valence electrons. The molecule has 2 unspecified atom stereocenters. The Balaban J connectivity index is 1.93. The summed E-state index contributed by atoms with van der Waals surface area (Å²) in [6.45, 7) is 0. The molecule has 0 aliphatic rings. The van der Waals surface area contributed by atoms with E-state index in [1.54, 1.807) is 54.6 Å². The van der Waals surface area contributed by atoms with E-state index in [2.05, 4.69) is 0 Å². The van der Waals surface area contributed by atoms with Gasteiger partial charge in [0.2, 0.25) is 0 Å². The Labute approximate surface area is 197 Å². The maximum atomic E-state index is 16.0. The quantitative estimate of drug-likeness (QED) is 0.375. The minimum Gasteiger partial charge on any atom is -0.497 e. The van der Waals surface area contributed by atoms with E-state index in [0.29, 0.717) is 21.4 Å². The van der Waals surface area contributed by atoms with Crippen LogP contribution in [-0.4, -0.2) is 21.6 Å². The molecule has 0 aliphatic heterocycles. The number of aromatic amines is 2. The van der Waals surface area contributed by atoms with E-state index in [1.165, 1.54) is 13.2 Å². The molecule has 1 heterocycles. The van der Waals surface area contributed by atoms with Crippen LogP contribution in [0.25, 0.3) is 11.1 Å². The summed E-state index contributed by atoms with van der Waals surface area (Å²) in [5.74, 6) is -1.48. The maximum Gasteiger partial charge on any atom is 0.334 e. The summed E-state index contributed by atoms with van der Waals surface area (Å²) in [6.07, 6.45) is -0.214. The Morgan fingerprint density at radius 2 is 1.63 bits per heavy atom. The van der Waals surface area contributed by atoms with Gasteiger partial charge in [0.05, 0.1) is 13.2 Å². The van der Waals surface area contributed by atoms with Crippen molar-refractivity contribution in [2.45, 2.75) is 18.5 Å². The monoisotopic (exact) mass is 480 g/mol. The van der Waals surface area contributed by atoms with E-state index >= 15 is 8.78 Å². The number of ether oxygens (including phenoxy) is 1. The smallest absolute Gasteiger partial charge is 0.334 e. The predicted octanol–water partition coefficient (Wildman–Crippen LogP) is 2.86. The minimum atomic E-state index is -1.47. The third kappa shape index (κ3) is 4.82. The van der Waals surface area contributed by atoms with Gasteiger partial charge in [0.15, 0.2) is 0 Å². The summed E-state index contributed by atoms with van der Waals surface area (Å²) in [5.41, 5.74) is 3.60. The van der Waals surface area contributed by atoms with Crippen molar-refractivity contribution in [1.82, 2.24) is 14.5 Å². The number of nitrogens with zero attached hydrogens (tertiary/aromatic N) is 1. The van der Waals surface area contributed by atoms with Gasteiger partial charge in [-0.25, -0.2) is 27.7 Å². The fourth-order valence-electron chi connectivity index (χ4n) is 4.04. The molecule has 4 aromatic rings. The number of hydrogen-bond donors (Lipinski definition) is 3. The van der Waals surface area contributed by atoms with Gasteiger partial charge >= 0.3 is 17.1 Å². The van der Waals surface area contributed by atoms with Crippen LogP contribution in [0.15, 0.2) is 81.1 Å². The average Bonchev–Trinajstić information content (AvgIpc) is 2.84. The van der Waals surface area contributed by atoms with Gasteiger partial charge in [-0.05, 0) is 41.8 Å². The lowest BCUT2D eigenvalue weighted by Gasteiger charge is -2.24. The summed E-state index contributed by atoms with van der Waals surface area (Å²) < 4.78 is 36.9. The molecule has 0 aliphatic carbocycles. The second kappa shape index (κ2) is 9.90. The molecule has 0 bridgehead atoms. The zero-order valence-corrected chi connectivity index (χ0v) is 18.6. The van der Waals surface area contributed by atoms with E-state index in [0.717, 1.165) is 6.07 Å². The zero-order valence-electron chi connectivity index (χ0n) is 18.6. The van der Waals surface area contributed by atoms with E-state index in [1.807, 2.05) is 9.97 Å². The molecule has 0 fully saturated rings. The Bertz CT molecular complexity index is 1490. The first-order valence-corrected chi connectivity index (χ1v) is 10.7. The molecule has 4 N–H and O–H groups in total. The number of nitrogens with one attached hydrogen (secondary N) is 2. The molecular formula is C25H22F2N4O4. The molecular weight excluding hydrogens is 458 g/mol.